The largest absolute Gasteiger partial charge is 0.393 e. The monoisotopic (exact) mass is 463 g/mol. The molecule has 1 aromatic carbocycles. The van der Waals surface area contributed by atoms with E-state index >= 15 is 0 Å². The van der Waals surface area contributed by atoms with E-state index < -0.39 is 0 Å². The Balaban J connectivity index is 1.45. The van der Waals surface area contributed by atoms with E-state index in [0.717, 1.165) is 49.7 Å². The average molecular weight is 465 g/mol. The van der Waals surface area contributed by atoms with Crippen LogP contribution in [-0.4, -0.2) is 39.6 Å². The first kappa shape index (κ1) is 19.8. The van der Waals surface area contributed by atoms with Crippen LogP contribution in [0.3, 0.4) is 0 Å². The average Bonchev–Trinajstić information content (AvgIpc) is 2.71. The molecule has 1 aliphatic heterocycles. The summed E-state index contributed by atoms with van der Waals surface area (Å²) >= 11 is 9.60. The highest BCUT2D eigenvalue weighted by molar-refractivity contribution is 9.10. The van der Waals surface area contributed by atoms with Gasteiger partial charge in [-0.3, -0.25) is 14.7 Å². The van der Waals surface area contributed by atoms with Crippen molar-refractivity contribution in [3.8, 4) is 0 Å². The lowest BCUT2D eigenvalue weighted by atomic mass is 9.90. The summed E-state index contributed by atoms with van der Waals surface area (Å²) < 4.78 is 0.737. The molecule has 4 rings (SSSR count). The molecule has 2 N–H and O–H groups in total. The number of hydrogen-bond acceptors (Lipinski definition) is 4. The first-order valence-electron chi connectivity index (χ1n) is 9.66. The minimum Gasteiger partial charge on any atom is -0.393 e. The van der Waals surface area contributed by atoms with E-state index in [0.29, 0.717) is 22.4 Å². The van der Waals surface area contributed by atoms with Crippen molar-refractivity contribution in [1.82, 2.24) is 9.88 Å². The van der Waals surface area contributed by atoms with Crippen LogP contribution >= 0.6 is 27.5 Å². The van der Waals surface area contributed by atoms with Gasteiger partial charge in [0.15, 0.2) is 0 Å². The van der Waals surface area contributed by atoms with Crippen LogP contribution in [0.5, 0.6) is 0 Å². The summed E-state index contributed by atoms with van der Waals surface area (Å²) in [6.45, 7) is 1.85. The molecule has 2 aromatic rings. The molecule has 0 saturated heterocycles. The summed E-state index contributed by atoms with van der Waals surface area (Å²) in [4.78, 5) is 19.5. The zero-order valence-electron chi connectivity index (χ0n) is 15.5. The Morgan fingerprint density at radius 3 is 2.82 bits per heavy atom. The molecule has 1 fully saturated rings. The Hall–Kier alpha value is -1.47. The van der Waals surface area contributed by atoms with Gasteiger partial charge >= 0.3 is 0 Å². The second-order valence-corrected chi connectivity index (χ2v) is 8.81. The number of nitrogens with one attached hydrogen (secondary N) is 1. The SMILES string of the molecule is O=C(Nc1cccc(Br)c1Cl)c1cc2c(cn1)CN([C@H]1CC[C@H](O)CC1)CC2. The molecule has 2 aliphatic rings. The third-order valence-corrected chi connectivity index (χ3v) is 7.04. The maximum Gasteiger partial charge on any atom is 0.274 e. The first-order valence-corrected chi connectivity index (χ1v) is 10.8. The zero-order chi connectivity index (χ0) is 19.7. The van der Waals surface area contributed by atoms with Crippen LogP contribution in [0.25, 0.3) is 0 Å². The van der Waals surface area contributed by atoms with Gasteiger partial charge in [-0.15, -0.1) is 0 Å². The predicted octanol–water partition coefficient (Wildman–Crippen LogP) is 4.41. The number of amides is 1. The molecule has 7 heteroatoms. The summed E-state index contributed by atoms with van der Waals surface area (Å²) in [6, 6.07) is 7.86. The highest BCUT2D eigenvalue weighted by Crippen LogP contribution is 2.31. The summed E-state index contributed by atoms with van der Waals surface area (Å²) in [6.07, 6.45) is 6.50. The van der Waals surface area contributed by atoms with Crippen molar-refractivity contribution < 1.29 is 9.90 Å². The lowest BCUT2D eigenvalue weighted by Gasteiger charge is -2.38. The fourth-order valence-corrected chi connectivity index (χ4v) is 4.65. The maximum atomic E-state index is 12.6. The standard InChI is InChI=1S/C21H23BrClN3O2/c22-17-2-1-3-18(20(17)23)25-21(28)19-10-13-8-9-26(12-14(13)11-24-19)15-4-6-16(27)7-5-15/h1-3,10-11,15-16,27H,4-9,12H2,(H,25,28)/t15-,16-. The molecule has 1 aromatic heterocycles. The van der Waals surface area contributed by atoms with Crippen molar-refractivity contribution in [3.05, 3.63) is 56.8 Å². The highest BCUT2D eigenvalue weighted by atomic mass is 79.9. The van der Waals surface area contributed by atoms with Gasteiger partial charge < -0.3 is 10.4 Å². The molecule has 0 atom stereocenters. The second-order valence-electron chi connectivity index (χ2n) is 7.58. The quantitative estimate of drug-likeness (QED) is 0.706. The molecule has 0 radical (unpaired) electrons. The normalized spacial score (nSPS) is 22.5. The van der Waals surface area contributed by atoms with Crippen LogP contribution < -0.4 is 5.32 Å². The smallest absolute Gasteiger partial charge is 0.274 e. The number of aromatic nitrogens is 1. The summed E-state index contributed by atoms with van der Waals surface area (Å²) in [5, 5.41) is 13.0. The van der Waals surface area contributed by atoms with Gasteiger partial charge in [-0.05, 0) is 77.4 Å². The minimum atomic E-state index is -0.258. The molecule has 1 amide bonds. The number of rotatable bonds is 3. The lowest BCUT2D eigenvalue weighted by Crippen LogP contribution is -2.42. The number of aliphatic hydroxyl groups excluding tert-OH is 1. The highest BCUT2D eigenvalue weighted by Gasteiger charge is 2.28. The van der Waals surface area contributed by atoms with Crippen LogP contribution in [0, 0.1) is 0 Å². The van der Waals surface area contributed by atoms with E-state index in [9.17, 15) is 9.90 Å². The Morgan fingerprint density at radius 2 is 2.04 bits per heavy atom. The van der Waals surface area contributed by atoms with Gasteiger partial charge in [0, 0.05) is 29.8 Å². The van der Waals surface area contributed by atoms with Gasteiger partial charge in [-0.2, -0.15) is 0 Å². The Morgan fingerprint density at radius 1 is 1.25 bits per heavy atom. The van der Waals surface area contributed by atoms with Crippen molar-refractivity contribution in [2.24, 2.45) is 0 Å². The van der Waals surface area contributed by atoms with Crippen molar-refractivity contribution in [3.63, 3.8) is 0 Å². The fourth-order valence-electron chi connectivity index (χ4n) is 4.11. The second kappa shape index (κ2) is 8.49. The van der Waals surface area contributed by atoms with E-state index in [2.05, 4.69) is 31.1 Å². The lowest BCUT2D eigenvalue weighted by molar-refractivity contribution is 0.0677. The van der Waals surface area contributed by atoms with Crippen LogP contribution in [0.15, 0.2) is 34.9 Å². The number of carbonyl (C=O) groups is 1. The van der Waals surface area contributed by atoms with E-state index in [1.807, 2.05) is 24.4 Å². The van der Waals surface area contributed by atoms with E-state index in [-0.39, 0.29) is 12.0 Å². The number of pyridine rings is 1. The van der Waals surface area contributed by atoms with E-state index in [4.69, 9.17) is 11.6 Å². The first-order chi connectivity index (χ1) is 13.5. The number of fused-ring (bicyclic) bond motifs is 1. The fraction of sp³-hybridized carbons (Fsp3) is 0.429. The Labute approximate surface area is 178 Å². The number of carbonyl (C=O) groups excluding carboxylic acids is 1. The van der Waals surface area contributed by atoms with Crippen molar-refractivity contribution in [2.75, 3.05) is 11.9 Å². The molecule has 1 saturated carbocycles. The van der Waals surface area contributed by atoms with Crippen LogP contribution in [0.4, 0.5) is 5.69 Å². The third kappa shape index (κ3) is 4.25. The van der Waals surface area contributed by atoms with Crippen LogP contribution in [0.1, 0.15) is 47.3 Å². The summed E-state index contributed by atoms with van der Waals surface area (Å²) in [7, 11) is 0. The molecule has 1 aliphatic carbocycles. The Kier molecular flexibility index (Phi) is 6.01. The number of halogens is 2. The van der Waals surface area contributed by atoms with E-state index in [1.165, 1.54) is 11.1 Å². The van der Waals surface area contributed by atoms with Crippen LogP contribution in [0.2, 0.25) is 5.02 Å². The van der Waals surface area contributed by atoms with Gasteiger partial charge in [0.1, 0.15) is 5.69 Å². The van der Waals surface area contributed by atoms with Crippen molar-refractivity contribution in [2.45, 2.75) is 50.8 Å². The molecular formula is C21H23BrClN3O2. The topological polar surface area (TPSA) is 65.5 Å². The number of aliphatic hydroxyl groups is 1. The van der Waals surface area contributed by atoms with Crippen LogP contribution in [-0.2, 0) is 13.0 Å². The van der Waals surface area contributed by atoms with E-state index in [1.54, 1.807) is 6.07 Å². The number of anilines is 1. The molecular weight excluding hydrogens is 442 g/mol. The molecule has 2 heterocycles. The Bertz CT molecular complexity index is 884. The van der Waals surface area contributed by atoms with Gasteiger partial charge in [-0.25, -0.2) is 0 Å². The molecule has 5 nitrogen and oxygen atoms in total. The van der Waals surface area contributed by atoms with Gasteiger partial charge in [0.2, 0.25) is 0 Å². The molecule has 0 bridgehead atoms. The molecule has 0 unspecified atom stereocenters. The van der Waals surface area contributed by atoms with Gasteiger partial charge in [0.25, 0.3) is 5.91 Å². The van der Waals surface area contributed by atoms with Gasteiger partial charge in [0.05, 0.1) is 16.8 Å². The number of hydrogen-bond donors (Lipinski definition) is 2. The van der Waals surface area contributed by atoms with Crippen molar-refractivity contribution >= 4 is 39.1 Å². The summed E-state index contributed by atoms with van der Waals surface area (Å²) in [5.74, 6) is -0.258. The number of benzene rings is 1. The zero-order valence-corrected chi connectivity index (χ0v) is 17.8. The third-order valence-electron chi connectivity index (χ3n) is 5.74. The molecule has 148 valence electrons. The molecule has 0 spiro atoms. The predicted molar refractivity (Wildman–Crippen MR) is 114 cm³/mol. The maximum absolute atomic E-state index is 12.6. The molecule has 28 heavy (non-hydrogen) atoms. The van der Waals surface area contributed by atoms with Crippen molar-refractivity contribution in [1.29, 1.82) is 0 Å². The minimum absolute atomic E-state index is 0.130. The number of nitrogens with zero attached hydrogens (tertiary/aromatic N) is 2. The van der Waals surface area contributed by atoms with Gasteiger partial charge in [-0.1, -0.05) is 17.7 Å². The summed E-state index contributed by atoms with van der Waals surface area (Å²) in [5.41, 5.74) is 3.34.